The standard InChI is InChI=1S/C24H26O3.C3H4O/c1-14-10-18(11-15(2)23(14)25)22(20-8-6-7-9-21(20)27-5)19-12-16(3)24(26)17(4)13-19;1-2-3-4/h6-13,22,25-26H,1-5H3;2-3H,1H2. The number of para-hydroxylation sites is 1. The number of methoxy groups -OCH3 is 1. The van der Waals surface area contributed by atoms with Crippen molar-refractivity contribution in [3.05, 3.63) is 100 Å². The number of carbonyl (C=O) groups excluding carboxylic acids is 1. The van der Waals surface area contributed by atoms with Gasteiger partial charge in [0.25, 0.3) is 0 Å². The van der Waals surface area contributed by atoms with E-state index in [1.807, 2.05) is 70.2 Å². The van der Waals surface area contributed by atoms with Crippen LogP contribution in [0.5, 0.6) is 17.2 Å². The van der Waals surface area contributed by atoms with Crippen molar-refractivity contribution in [1.82, 2.24) is 0 Å². The van der Waals surface area contributed by atoms with Crippen LogP contribution in [0.3, 0.4) is 0 Å². The molecular formula is C27H30O4. The van der Waals surface area contributed by atoms with Gasteiger partial charge in [0.05, 0.1) is 7.11 Å². The molecule has 162 valence electrons. The first kappa shape index (κ1) is 23.7. The smallest absolute Gasteiger partial charge is 0.142 e. The molecule has 0 radical (unpaired) electrons. The highest BCUT2D eigenvalue weighted by Gasteiger charge is 2.23. The average Bonchev–Trinajstić information content (AvgIpc) is 2.76. The first-order chi connectivity index (χ1) is 14.7. The second-order valence-electron chi connectivity index (χ2n) is 7.55. The monoisotopic (exact) mass is 418 g/mol. The molecule has 0 unspecified atom stereocenters. The number of phenolic OH excluding ortho intramolecular Hbond substituents is 2. The molecule has 0 heterocycles. The van der Waals surface area contributed by atoms with E-state index < -0.39 is 0 Å². The topological polar surface area (TPSA) is 66.8 Å². The number of allylic oxidation sites excluding steroid dienone is 1. The summed E-state index contributed by atoms with van der Waals surface area (Å²) in [5.41, 5.74) is 6.59. The molecule has 2 N–H and O–H groups in total. The molecular weight excluding hydrogens is 388 g/mol. The third kappa shape index (κ3) is 5.34. The minimum Gasteiger partial charge on any atom is -0.507 e. The van der Waals surface area contributed by atoms with Gasteiger partial charge in [0.1, 0.15) is 23.5 Å². The number of hydrogen-bond acceptors (Lipinski definition) is 4. The Morgan fingerprint density at radius 2 is 1.23 bits per heavy atom. The van der Waals surface area contributed by atoms with E-state index >= 15 is 0 Å². The first-order valence-electron chi connectivity index (χ1n) is 10.0. The Bertz CT molecular complexity index is 973. The highest BCUT2D eigenvalue weighted by Crippen LogP contribution is 2.41. The zero-order chi connectivity index (χ0) is 23.1. The van der Waals surface area contributed by atoms with E-state index in [0.717, 1.165) is 44.7 Å². The summed E-state index contributed by atoms with van der Waals surface area (Å²) in [4.78, 5) is 9.06. The molecule has 0 saturated heterocycles. The zero-order valence-corrected chi connectivity index (χ0v) is 18.8. The lowest BCUT2D eigenvalue weighted by atomic mass is 9.82. The van der Waals surface area contributed by atoms with Crippen LogP contribution in [0.25, 0.3) is 0 Å². The Kier molecular flexibility index (Phi) is 8.03. The normalized spacial score (nSPS) is 10.3. The summed E-state index contributed by atoms with van der Waals surface area (Å²) < 4.78 is 5.64. The summed E-state index contributed by atoms with van der Waals surface area (Å²) >= 11 is 0. The fraction of sp³-hybridized carbons (Fsp3) is 0.222. The summed E-state index contributed by atoms with van der Waals surface area (Å²) in [5.74, 6) is 1.40. The van der Waals surface area contributed by atoms with E-state index in [4.69, 9.17) is 9.53 Å². The minimum absolute atomic E-state index is 0.0721. The van der Waals surface area contributed by atoms with Crippen LogP contribution < -0.4 is 4.74 Å². The van der Waals surface area contributed by atoms with E-state index in [9.17, 15) is 10.2 Å². The quantitative estimate of drug-likeness (QED) is 0.308. The number of phenols is 2. The predicted molar refractivity (Wildman–Crippen MR) is 125 cm³/mol. The van der Waals surface area contributed by atoms with Crippen molar-refractivity contribution in [2.75, 3.05) is 7.11 Å². The Hall–Kier alpha value is -3.53. The lowest BCUT2D eigenvalue weighted by molar-refractivity contribution is -0.104. The largest absolute Gasteiger partial charge is 0.507 e. The van der Waals surface area contributed by atoms with Gasteiger partial charge >= 0.3 is 0 Å². The third-order valence-corrected chi connectivity index (χ3v) is 5.24. The van der Waals surface area contributed by atoms with Crippen LogP contribution in [0.15, 0.2) is 61.2 Å². The van der Waals surface area contributed by atoms with Crippen molar-refractivity contribution in [1.29, 1.82) is 0 Å². The number of benzene rings is 3. The van der Waals surface area contributed by atoms with Crippen molar-refractivity contribution in [2.24, 2.45) is 0 Å². The SMILES string of the molecule is C=CC=O.COc1ccccc1C(c1cc(C)c(O)c(C)c1)c1cc(C)c(O)c(C)c1. The third-order valence-electron chi connectivity index (χ3n) is 5.24. The number of rotatable bonds is 5. The van der Waals surface area contributed by atoms with Gasteiger partial charge < -0.3 is 14.9 Å². The second kappa shape index (κ2) is 10.5. The lowest BCUT2D eigenvalue weighted by Gasteiger charge is -2.23. The van der Waals surface area contributed by atoms with Crippen LogP contribution in [0.1, 0.15) is 44.9 Å². The fourth-order valence-electron chi connectivity index (χ4n) is 3.77. The molecule has 0 spiro atoms. The molecule has 0 saturated carbocycles. The molecule has 0 amide bonds. The summed E-state index contributed by atoms with van der Waals surface area (Å²) in [6.45, 7) is 10.8. The van der Waals surface area contributed by atoms with E-state index in [-0.39, 0.29) is 5.92 Å². The molecule has 31 heavy (non-hydrogen) atoms. The number of ether oxygens (including phenoxy) is 1. The zero-order valence-electron chi connectivity index (χ0n) is 18.8. The number of aryl methyl sites for hydroxylation is 4. The summed E-state index contributed by atoms with van der Waals surface area (Å²) in [5, 5.41) is 20.4. The fourth-order valence-corrected chi connectivity index (χ4v) is 3.77. The molecule has 0 aliphatic rings. The second-order valence-corrected chi connectivity index (χ2v) is 7.55. The van der Waals surface area contributed by atoms with Crippen LogP contribution in [0, 0.1) is 27.7 Å². The van der Waals surface area contributed by atoms with Gasteiger partial charge in [-0.15, -0.1) is 0 Å². The number of aromatic hydroxyl groups is 2. The number of aldehydes is 1. The molecule has 4 nitrogen and oxygen atoms in total. The Morgan fingerprint density at radius 1 is 0.839 bits per heavy atom. The average molecular weight is 419 g/mol. The van der Waals surface area contributed by atoms with Gasteiger partial charge in [-0.25, -0.2) is 0 Å². The van der Waals surface area contributed by atoms with Crippen LogP contribution in [0.4, 0.5) is 0 Å². The van der Waals surface area contributed by atoms with E-state index in [2.05, 4.69) is 12.6 Å². The molecule has 0 atom stereocenters. The van der Waals surface area contributed by atoms with Crippen LogP contribution >= 0.6 is 0 Å². The summed E-state index contributed by atoms with van der Waals surface area (Å²) in [6.07, 6.45) is 1.83. The summed E-state index contributed by atoms with van der Waals surface area (Å²) in [7, 11) is 1.68. The van der Waals surface area contributed by atoms with Crippen LogP contribution in [0.2, 0.25) is 0 Å². The van der Waals surface area contributed by atoms with Crippen molar-refractivity contribution in [3.63, 3.8) is 0 Å². The van der Waals surface area contributed by atoms with Gasteiger partial charge in [0.2, 0.25) is 0 Å². The number of hydrogen-bond donors (Lipinski definition) is 2. The molecule has 0 aromatic heterocycles. The Labute approximate surface area is 184 Å². The van der Waals surface area contributed by atoms with Gasteiger partial charge in [-0.05, 0) is 73.2 Å². The van der Waals surface area contributed by atoms with Crippen molar-refractivity contribution in [3.8, 4) is 17.2 Å². The highest BCUT2D eigenvalue weighted by molar-refractivity contribution is 5.63. The molecule has 3 aromatic rings. The van der Waals surface area contributed by atoms with Gasteiger partial charge in [0.15, 0.2) is 0 Å². The number of carbonyl (C=O) groups is 1. The van der Waals surface area contributed by atoms with E-state index in [1.165, 1.54) is 6.08 Å². The highest BCUT2D eigenvalue weighted by atomic mass is 16.5. The molecule has 0 aliphatic heterocycles. The maximum atomic E-state index is 10.2. The minimum atomic E-state index is -0.0721. The van der Waals surface area contributed by atoms with Crippen LogP contribution in [-0.2, 0) is 4.79 Å². The van der Waals surface area contributed by atoms with Crippen LogP contribution in [-0.4, -0.2) is 23.6 Å². The lowest BCUT2D eigenvalue weighted by Crippen LogP contribution is -2.07. The van der Waals surface area contributed by atoms with Crippen molar-refractivity contribution >= 4 is 6.29 Å². The van der Waals surface area contributed by atoms with E-state index in [1.54, 1.807) is 7.11 Å². The van der Waals surface area contributed by atoms with Gasteiger partial charge in [0, 0.05) is 11.5 Å². The Morgan fingerprint density at radius 3 is 1.58 bits per heavy atom. The van der Waals surface area contributed by atoms with Crippen molar-refractivity contribution < 1.29 is 19.7 Å². The maximum absolute atomic E-state index is 10.2. The maximum Gasteiger partial charge on any atom is 0.142 e. The molecule has 0 fully saturated rings. The van der Waals surface area contributed by atoms with Crippen molar-refractivity contribution in [2.45, 2.75) is 33.6 Å². The van der Waals surface area contributed by atoms with Gasteiger partial charge in [-0.3, -0.25) is 4.79 Å². The molecule has 3 aromatic carbocycles. The molecule has 0 aliphatic carbocycles. The summed E-state index contributed by atoms with van der Waals surface area (Å²) in [6, 6.07) is 16.1. The molecule has 3 rings (SSSR count). The molecule has 0 bridgehead atoms. The van der Waals surface area contributed by atoms with E-state index in [0.29, 0.717) is 17.8 Å². The first-order valence-corrected chi connectivity index (χ1v) is 10.0. The van der Waals surface area contributed by atoms with Gasteiger partial charge in [-0.1, -0.05) is 49.0 Å². The molecule has 4 heteroatoms. The van der Waals surface area contributed by atoms with Gasteiger partial charge in [-0.2, -0.15) is 0 Å². The Balaban J connectivity index is 0.000000785. The predicted octanol–water partition coefficient (Wildman–Crippen LogP) is 5.89.